The van der Waals surface area contributed by atoms with Crippen molar-refractivity contribution < 1.29 is 19.2 Å². The number of aliphatic hydroxyl groups excluding tert-OH is 1. The Balaban J connectivity index is 1.91. The van der Waals surface area contributed by atoms with Crippen LogP contribution in [0.3, 0.4) is 0 Å². The third-order valence-electron chi connectivity index (χ3n) is 5.72. The van der Waals surface area contributed by atoms with Gasteiger partial charge in [-0.15, -0.1) is 0 Å². The number of rotatable bonds is 3. The lowest BCUT2D eigenvalue weighted by Gasteiger charge is -2.24. The molecular weight excluding hydrogens is 404 g/mol. The summed E-state index contributed by atoms with van der Waals surface area (Å²) in [5, 5.41) is 15.1. The summed E-state index contributed by atoms with van der Waals surface area (Å²) < 4.78 is 5.17. The van der Waals surface area contributed by atoms with Crippen molar-refractivity contribution in [1.82, 2.24) is 5.16 Å². The molecule has 1 aliphatic heterocycles. The molecule has 6 heteroatoms. The number of nitrogens with zero attached hydrogens (tertiary/aromatic N) is 2. The molecule has 32 heavy (non-hydrogen) atoms. The number of aryl methyl sites for hydroxylation is 2. The van der Waals surface area contributed by atoms with E-state index in [1.807, 2.05) is 43.3 Å². The van der Waals surface area contributed by atoms with Crippen LogP contribution in [0.15, 0.2) is 64.7 Å². The largest absolute Gasteiger partial charge is 0.507 e. The van der Waals surface area contributed by atoms with E-state index in [1.54, 1.807) is 25.1 Å². The number of amides is 1. The van der Waals surface area contributed by atoms with Crippen LogP contribution in [0.1, 0.15) is 54.8 Å². The lowest BCUT2D eigenvalue weighted by molar-refractivity contribution is -0.132. The van der Waals surface area contributed by atoms with Gasteiger partial charge in [-0.2, -0.15) is 0 Å². The predicted octanol–water partition coefficient (Wildman–Crippen LogP) is 5.22. The van der Waals surface area contributed by atoms with Gasteiger partial charge in [0.2, 0.25) is 0 Å². The van der Waals surface area contributed by atoms with Crippen LogP contribution in [-0.4, -0.2) is 22.0 Å². The van der Waals surface area contributed by atoms with Gasteiger partial charge >= 0.3 is 5.91 Å². The van der Waals surface area contributed by atoms with Crippen LogP contribution in [0.4, 0.5) is 5.82 Å². The van der Waals surface area contributed by atoms with Crippen LogP contribution in [0.5, 0.6) is 0 Å². The zero-order valence-corrected chi connectivity index (χ0v) is 18.8. The van der Waals surface area contributed by atoms with Crippen LogP contribution in [0.25, 0.3) is 5.76 Å². The monoisotopic (exact) mass is 430 g/mol. The Morgan fingerprint density at radius 2 is 1.62 bits per heavy atom. The number of carbonyl (C=O) groups is 2. The summed E-state index contributed by atoms with van der Waals surface area (Å²) in [5.74, 6) is -0.971. The molecule has 1 unspecified atom stereocenters. The van der Waals surface area contributed by atoms with E-state index >= 15 is 0 Å². The van der Waals surface area contributed by atoms with Crippen LogP contribution in [-0.2, 0) is 15.0 Å². The summed E-state index contributed by atoms with van der Waals surface area (Å²) in [5.41, 5.74) is 3.30. The molecule has 6 nitrogen and oxygen atoms in total. The Kier molecular flexibility index (Phi) is 5.25. The van der Waals surface area contributed by atoms with E-state index in [4.69, 9.17) is 4.52 Å². The van der Waals surface area contributed by atoms with Gasteiger partial charge in [0.15, 0.2) is 5.82 Å². The predicted molar refractivity (Wildman–Crippen MR) is 122 cm³/mol. The van der Waals surface area contributed by atoms with Crippen molar-refractivity contribution in [2.75, 3.05) is 4.90 Å². The normalized spacial score (nSPS) is 18.4. The smallest absolute Gasteiger partial charge is 0.301 e. The van der Waals surface area contributed by atoms with Crippen molar-refractivity contribution in [1.29, 1.82) is 0 Å². The molecule has 1 saturated heterocycles. The minimum atomic E-state index is -0.824. The van der Waals surface area contributed by atoms with Crippen LogP contribution in [0, 0.1) is 13.8 Å². The quantitative estimate of drug-likeness (QED) is 0.350. The second kappa shape index (κ2) is 7.79. The Bertz CT molecular complexity index is 1210. The van der Waals surface area contributed by atoms with Gasteiger partial charge in [-0.3, -0.25) is 14.5 Å². The van der Waals surface area contributed by atoms with E-state index in [0.717, 1.165) is 11.1 Å². The maximum Gasteiger partial charge on any atom is 0.301 e. The minimum Gasteiger partial charge on any atom is -0.507 e. The van der Waals surface area contributed by atoms with Gasteiger partial charge in [0.25, 0.3) is 5.78 Å². The summed E-state index contributed by atoms with van der Waals surface area (Å²) in [6.45, 7) is 10.00. The molecule has 164 valence electrons. The first-order valence-corrected chi connectivity index (χ1v) is 10.5. The number of hydrogen-bond acceptors (Lipinski definition) is 5. The standard InChI is InChI=1S/C26H26N2O4/c1-15-6-8-18(9-7-15)23(29)21-22(17-10-12-19(13-11-17)26(3,4)5)28(25(31)24(21)30)20-14-16(2)32-27-20/h6-14,22,29H,1-5H3. The van der Waals surface area contributed by atoms with Crippen molar-refractivity contribution in [3.63, 3.8) is 0 Å². The number of ketones is 1. The second-order valence-electron chi connectivity index (χ2n) is 9.20. The highest BCUT2D eigenvalue weighted by molar-refractivity contribution is 6.51. The van der Waals surface area contributed by atoms with Gasteiger partial charge in [-0.25, -0.2) is 0 Å². The highest BCUT2D eigenvalue weighted by Crippen LogP contribution is 2.42. The lowest BCUT2D eigenvalue weighted by atomic mass is 9.85. The Morgan fingerprint density at radius 3 is 2.16 bits per heavy atom. The van der Waals surface area contributed by atoms with Gasteiger partial charge in [-0.05, 0) is 30.4 Å². The van der Waals surface area contributed by atoms with Crippen molar-refractivity contribution in [2.45, 2.75) is 46.1 Å². The van der Waals surface area contributed by atoms with Crippen molar-refractivity contribution in [3.05, 3.63) is 88.2 Å². The Labute approximate surface area is 187 Å². The van der Waals surface area contributed by atoms with E-state index in [2.05, 4.69) is 25.9 Å². The minimum absolute atomic E-state index is 0.0306. The molecule has 0 aliphatic carbocycles. The molecule has 0 saturated carbocycles. The first-order valence-electron chi connectivity index (χ1n) is 10.5. The number of benzene rings is 2. The highest BCUT2D eigenvalue weighted by atomic mass is 16.5. The van der Waals surface area contributed by atoms with Gasteiger partial charge in [-0.1, -0.05) is 80.0 Å². The van der Waals surface area contributed by atoms with Crippen molar-refractivity contribution in [2.24, 2.45) is 0 Å². The van der Waals surface area contributed by atoms with Gasteiger partial charge in [0, 0.05) is 11.6 Å². The number of aromatic nitrogens is 1. The molecule has 2 heterocycles. The number of carbonyl (C=O) groups excluding carboxylic acids is 2. The maximum absolute atomic E-state index is 13.1. The zero-order valence-electron chi connectivity index (χ0n) is 18.8. The molecule has 0 bridgehead atoms. The molecule has 0 radical (unpaired) electrons. The number of anilines is 1. The highest BCUT2D eigenvalue weighted by Gasteiger charge is 2.48. The van der Waals surface area contributed by atoms with Crippen LogP contribution >= 0.6 is 0 Å². The lowest BCUT2D eigenvalue weighted by Crippen LogP contribution is -2.29. The number of aliphatic hydroxyl groups is 1. The topological polar surface area (TPSA) is 83.6 Å². The summed E-state index contributed by atoms with van der Waals surface area (Å²) in [7, 11) is 0. The molecule has 2 aromatic carbocycles. The molecule has 1 atom stereocenters. The third-order valence-corrected chi connectivity index (χ3v) is 5.72. The van der Waals surface area contributed by atoms with E-state index in [-0.39, 0.29) is 22.6 Å². The molecule has 3 aromatic rings. The van der Waals surface area contributed by atoms with E-state index < -0.39 is 17.7 Å². The Morgan fingerprint density at radius 1 is 1.00 bits per heavy atom. The maximum atomic E-state index is 13.1. The average Bonchev–Trinajstić information content (AvgIpc) is 3.28. The third kappa shape index (κ3) is 3.73. The molecular formula is C26H26N2O4. The fourth-order valence-electron chi connectivity index (χ4n) is 3.88. The van der Waals surface area contributed by atoms with Crippen molar-refractivity contribution in [3.8, 4) is 0 Å². The van der Waals surface area contributed by atoms with Crippen LogP contribution in [0.2, 0.25) is 0 Å². The molecule has 4 rings (SSSR count). The SMILES string of the molecule is Cc1ccc(C(O)=C2C(=O)C(=O)N(c3cc(C)on3)C2c2ccc(C(C)(C)C)cc2)cc1. The molecule has 1 amide bonds. The van der Waals surface area contributed by atoms with E-state index in [9.17, 15) is 14.7 Å². The number of Topliss-reactive ketones (excluding diaryl/α,β-unsaturated/α-hetero) is 1. The molecule has 0 spiro atoms. The molecule has 1 N–H and O–H groups in total. The summed E-state index contributed by atoms with van der Waals surface area (Å²) in [6.07, 6.45) is 0. The second-order valence-corrected chi connectivity index (χ2v) is 9.20. The fourth-order valence-corrected chi connectivity index (χ4v) is 3.88. The molecule has 1 fully saturated rings. The first-order chi connectivity index (χ1) is 15.1. The van der Waals surface area contributed by atoms with Gasteiger partial charge in [0.1, 0.15) is 11.5 Å². The molecule has 1 aromatic heterocycles. The number of hydrogen-bond donors (Lipinski definition) is 1. The summed E-state index contributed by atoms with van der Waals surface area (Å²) in [6, 6.07) is 15.7. The molecule has 1 aliphatic rings. The first kappa shape index (κ1) is 21.6. The van der Waals surface area contributed by atoms with E-state index in [1.165, 1.54) is 4.90 Å². The van der Waals surface area contributed by atoms with E-state index in [0.29, 0.717) is 16.9 Å². The van der Waals surface area contributed by atoms with Crippen LogP contribution < -0.4 is 4.90 Å². The van der Waals surface area contributed by atoms with Crippen molar-refractivity contribution >= 4 is 23.3 Å². The van der Waals surface area contributed by atoms with Gasteiger partial charge in [0.05, 0.1) is 11.6 Å². The Hall–Kier alpha value is -3.67. The fraction of sp³-hybridized carbons (Fsp3) is 0.269. The zero-order chi connectivity index (χ0) is 23.2. The summed E-state index contributed by atoms with van der Waals surface area (Å²) in [4.78, 5) is 27.5. The average molecular weight is 431 g/mol. The van der Waals surface area contributed by atoms with Gasteiger partial charge < -0.3 is 9.63 Å². The summed E-state index contributed by atoms with van der Waals surface area (Å²) >= 11 is 0.